The number of hydrogen-bond acceptors (Lipinski definition) is 4. The number of hydrogen-bond donors (Lipinski definition) is 2. The summed E-state index contributed by atoms with van der Waals surface area (Å²) in [6.45, 7) is 3.54. The van der Waals surface area contributed by atoms with Gasteiger partial charge < -0.3 is 11.1 Å². The van der Waals surface area contributed by atoms with E-state index in [4.69, 9.17) is 5.73 Å². The van der Waals surface area contributed by atoms with E-state index in [1.807, 2.05) is 12.1 Å². The lowest BCUT2D eigenvalue weighted by Gasteiger charge is -2.10. The molecule has 0 radical (unpaired) electrons. The Bertz CT molecular complexity index is 539. The van der Waals surface area contributed by atoms with Gasteiger partial charge in [-0.3, -0.25) is 4.79 Å². The fourth-order valence-electron chi connectivity index (χ4n) is 1.50. The molecule has 0 unspecified atom stereocenters. The molecule has 1 amide bonds. The number of sulfone groups is 1. The molecule has 0 heterocycles. The van der Waals surface area contributed by atoms with Gasteiger partial charge in [0.05, 0.1) is 11.0 Å². The Labute approximate surface area is 114 Å². The Morgan fingerprint density at radius 3 is 2.53 bits per heavy atom. The molecule has 0 aliphatic heterocycles. The molecule has 106 valence electrons. The first-order chi connectivity index (χ1) is 8.86. The Balaban J connectivity index is 2.62. The van der Waals surface area contributed by atoms with Gasteiger partial charge in [-0.25, -0.2) is 8.42 Å². The second-order valence-corrected chi connectivity index (χ2v) is 7.25. The van der Waals surface area contributed by atoms with Crippen LogP contribution in [0.25, 0.3) is 0 Å². The predicted octanol–water partition coefficient (Wildman–Crippen LogP) is 1.30. The molecule has 6 heteroatoms. The third-order valence-electron chi connectivity index (χ3n) is 2.84. The number of carbonyl (C=O) groups is 1. The average molecular weight is 284 g/mol. The van der Waals surface area contributed by atoms with Crippen molar-refractivity contribution < 1.29 is 13.2 Å². The van der Waals surface area contributed by atoms with Crippen molar-refractivity contribution in [2.75, 3.05) is 11.1 Å². The first-order valence-corrected chi connectivity index (χ1v) is 7.87. The lowest BCUT2D eigenvalue weighted by molar-refractivity contribution is -0.115. The predicted molar refractivity (Wildman–Crippen MR) is 76.5 cm³/mol. The van der Waals surface area contributed by atoms with Crippen molar-refractivity contribution in [3.05, 3.63) is 29.8 Å². The molecule has 3 N–H and O–H groups in total. The van der Waals surface area contributed by atoms with E-state index in [9.17, 15) is 13.2 Å². The van der Waals surface area contributed by atoms with Crippen molar-refractivity contribution in [1.29, 1.82) is 0 Å². The van der Waals surface area contributed by atoms with Gasteiger partial charge in [-0.1, -0.05) is 18.2 Å². The Morgan fingerprint density at radius 1 is 1.32 bits per heavy atom. The molecule has 0 atom stereocenters. The molecule has 0 aromatic heterocycles. The molecule has 0 aliphatic carbocycles. The summed E-state index contributed by atoms with van der Waals surface area (Å²) in [5, 5.41) is 2.23. The number of anilines is 1. The lowest BCUT2D eigenvalue weighted by atomic mass is 10.2. The highest BCUT2D eigenvalue weighted by Crippen LogP contribution is 2.14. The van der Waals surface area contributed by atoms with E-state index in [0.717, 1.165) is 5.56 Å². The normalized spacial score (nSPS) is 11.6. The Morgan fingerprint density at radius 2 is 1.95 bits per heavy atom. The maximum absolute atomic E-state index is 11.7. The molecular formula is C13H20N2O3S. The van der Waals surface area contributed by atoms with Crippen LogP contribution >= 0.6 is 0 Å². The number of nitrogens with one attached hydrogen (secondary N) is 1. The number of rotatable bonds is 6. The van der Waals surface area contributed by atoms with Gasteiger partial charge in [0.25, 0.3) is 0 Å². The van der Waals surface area contributed by atoms with Crippen molar-refractivity contribution in [2.45, 2.75) is 32.1 Å². The van der Waals surface area contributed by atoms with Gasteiger partial charge in [-0.05, 0) is 25.5 Å². The van der Waals surface area contributed by atoms with Crippen LogP contribution in [0, 0.1) is 0 Å². The highest BCUT2D eigenvalue weighted by atomic mass is 32.2. The summed E-state index contributed by atoms with van der Waals surface area (Å²) in [5.74, 6) is -0.452. The SMILES string of the molecule is CC(C)S(=O)(=O)CCC(=O)Nc1ccccc1CN. The molecule has 0 saturated carbocycles. The molecule has 5 nitrogen and oxygen atoms in total. The topological polar surface area (TPSA) is 89.3 Å². The molecule has 0 spiro atoms. The second-order valence-electron chi connectivity index (χ2n) is 4.58. The number of carbonyl (C=O) groups excluding carboxylic acids is 1. The quantitative estimate of drug-likeness (QED) is 0.824. The fraction of sp³-hybridized carbons (Fsp3) is 0.462. The van der Waals surface area contributed by atoms with Crippen LogP contribution in [0.15, 0.2) is 24.3 Å². The van der Waals surface area contributed by atoms with Crippen molar-refractivity contribution in [2.24, 2.45) is 5.73 Å². The molecule has 0 saturated heterocycles. The lowest BCUT2D eigenvalue weighted by Crippen LogP contribution is -2.23. The zero-order valence-corrected chi connectivity index (χ0v) is 12.0. The molecule has 0 bridgehead atoms. The molecule has 1 aromatic carbocycles. The maximum Gasteiger partial charge on any atom is 0.225 e. The van der Waals surface area contributed by atoms with Crippen molar-refractivity contribution in [1.82, 2.24) is 0 Å². The molecular weight excluding hydrogens is 264 g/mol. The van der Waals surface area contributed by atoms with E-state index in [1.165, 1.54) is 0 Å². The number of nitrogens with two attached hydrogens (primary N) is 1. The van der Waals surface area contributed by atoms with Crippen molar-refractivity contribution in [3.63, 3.8) is 0 Å². The zero-order valence-electron chi connectivity index (χ0n) is 11.2. The van der Waals surface area contributed by atoms with Crippen LogP contribution in [-0.2, 0) is 21.2 Å². The molecule has 0 fully saturated rings. The van der Waals surface area contributed by atoms with E-state index < -0.39 is 15.1 Å². The van der Waals surface area contributed by atoms with Crippen LogP contribution in [-0.4, -0.2) is 25.3 Å². The largest absolute Gasteiger partial charge is 0.326 e. The number of amides is 1. The summed E-state index contributed by atoms with van der Waals surface area (Å²) in [6.07, 6.45) is -0.0422. The first kappa shape index (κ1) is 15.7. The van der Waals surface area contributed by atoms with Gasteiger partial charge in [0.15, 0.2) is 9.84 Å². The second kappa shape index (κ2) is 6.68. The van der Waals surface area contributed by atoms with Crippen LogP contribution in [0.1, 0.15) is 25.8 Å². The van der Waals surface area contributed by atoms with E-state index in [2.05, 4.69) is 5.32 Å². The standard InChI is InChI=1S/C13H20N2O3S/c1-10(2)19(17,18)8-7-13(16)15-12-6-4-3-5-11(12)9-14/h3-6,10H,7-9,14H2,1-2H3,(H,15,16). The van der Waals surface area contributed by atoms with Crippen LogP contribution in [0.4, 0.5) is 5.69 Å². The summed E-state index contributed by atoms with van der Waals surface area (Å²) in [6, 6.07) is 7.19. The van der Waals surface area contributed by atoms with Crippen LogP contribution in [0.2, 0.25) is 0 Å². The molecule has 0 aliphatic rings. The first-order valence-electron chi connectivity index (χ1n) is 6.16. The maximum atomic E-state index is 11.7. The Hall–Kier alpha value is -1.40. The summed E-state index contributed by atoms with van der Waals surface area (Å²) < 4.78 is 23.2. The van der Waals surface area contributed by atoms with Gasteiger partial charge in [0.1, 0.15) is 0 Å². The van der Waals surface area contributed by atoms with Crippen LogP contribution < -0.4 is 11.1 Å². The van der Waals surface area contributed by atoms with E-state index in [0.29, 0.717) is 12.2 Å². The average Bonchev–Trinajstić information content (AvgIpc) is 2.37. The Kier molecular flexibility index (Phi) is 5.50. The van der Waals surface area contributed by atoms with E-state index in [1.54, 1.807) is 26.0 Å². The molecule has 1 rings (SSSR count). The minimum absolute atomic E-state index is 0.0422. The van der Waals surface area contributed by atoms with Gasteiger partial charge in [0, 0.05) is 18.7 Å². The molecule has 19 heavy (non-hydrogen) atoms. The summed E-state index contributed by atoms with van der Waals surface area (Å²) in [7, 11) is -3.19. The third-order valence-corrected chi connectivity index (χ3v) is 5.05. The van der Waals surface area contributed by atoms with Crippen molar-refractivity contribution in [3.8, 4) is 0 Å². The summed E-state index contributed by atoms with van der Waals surface area (Å²) in [4.78, 5) is 11.7. The number of benzene rings is 1. The van der Waals surface area contributed by atoms with Crippen LogP contribution in [0.3, 0.4) is 0 Å². The smallest absolute Gasteiger partial charge is 0.225 e. The van der Waals surface area contributed by atoms with E-state index >= 15 is 0 Å². The van der Waals surface area contributed by atoms with Gasteiger partial charge in [-0.15, -0.1) is 0 Å². The highest BCUT2D eigenvalue weighted by molar-refractivity contribution is 7.91. The van der Waals surface area contributed by atoms with Crippen LogP contribution in [0.5, 0.6) is 0 Å². The van der Waals surface area contributed by atoms with Gasteiger partial charge in [-0.2, -0.15) is 0 Å². The summed E-state index contributed by atoms with van der Waals surface area (Å²) >= 11 is 0. The van der Waals surface area contributed by atoms with Gasteiger partial charge >= 0.3 is 0 Å². The van der Waals surface area contributed by atoms with Crippen molar-refractivity contribution >= 4 is 21.4 Å². The zero-order chi connectivity index (χ0) is 14.5. The monoisotopic (exact) mass is 284 g/mol. The van der Waals surface area contributed by atoms with E-state index in [-0.39, 0.29) is 18.1 Å². The van der Waals surface area contributed by atoms with Gasteiger partial charge in [0.2, 0.25) is 5.91 Å². The minimum atomic E-state index is -3.19. The fourth-order valence-corrected chi connectivity index (χ4v) is 2.44. The molecule has 1 aromatic rings. The number of para-hydroxylation sites is 1. The highest BCUT2D eigenvalue weighted by Gasteiger charge is 2.17. The summed E-state index contributed by atoms with van der Waals surface area (Å²) in [5.41, 5.74) is 7.02. The minimum Gasteiger partial charge on any atom is -0.326 e. The third kappa shape index (κ3) is 4.65.